The van der Waals surface area contributed by atoms with Crippen LogP contribution in [-0.4, -0.2) is 36.7 Å². The van der Waals surface area contributed by atoms with Crippen LogP contribution in [0.4, 0.5) is 0 Å². The molecule has 1 saturated heterocycles. The zero-order valence-electron chi connectivity index (χ0n) is 19.3. The summed E-state index contributed by atoms with van der Waals surface area (Å²) in [6.45, 7) is 7.72. The summed E-state index contributed by atoms with van der Waals surface area (Å²) in [6.07, 6.45) is 2.73. The molecule has 5 rings (SSSR count). The van der Waals surface area contributed by atoms with E-state index in [1.807, 2.05) is 50.2 Å². The van der Waals surface area contributed by atoms with Gasteiger partial charge in [0.05, 0.1) is 29.7 Å². The van der Waals surface area contributed by atoms with Crippen LogP contribution in [0.1, 0.15) is 65.0 Å². The first-order valence-electron chi connectivity index (χ1n) is 11.7. The SMILES string of the molecule is CCCOc1cccc(C2c3c(oc4cc(C)c(C)cc4c3=O)C(=O)N2CC2CCCO2)c1. The standard InChI is InChI=1S/C27H29NO5/c1-4-10-31-19-8-5-7-18(14-19)24-23-25(29)21-12-16(2)17(3)13-22(21)33-26(23)27(30)28(24)15-20-9-6-11-32-20/h5,7-8,12-14,20,24H,4,6,9-11,15H2,1-3H3. The smallest absolute Gasteiger partial charge is 0.291 e. The Labute approximate surface area is 193 Å². The molecule has 6 nitrogen and oxygen atoms in total. The number of amides is 1. The Morgan fingerprint density at radius 1 is 1.12 bits per heavy atom. The maximum atomic E-state index is 13.8. The van der Waals surface area contributed by atoms with E-state index in [0.717, 1.165) is 41.7 Å². The highest BCUT2D eigenvalue weighted by molar-refractivity contribution is 5.99. The number of nitrogens with zero attached hydrogens (tertiary/aromatic N) is 1. The lowest BCUT2D eigenvalue weighted by molar-refractivity contribution is 0.0486. The summed E-state index contributed by atoms with van der Waals surface area (Å²) in [4.78, 5) is 29.1. The molecule has 1 amide bonds. The van der Waals surface area contributed by atoms with Crippen molar-refractivity contribution in [1.29, 1.82) is 0 Å². The van der Waals surface area contributed by atoms with Crippen molar-refractivity contribution in [2.45, 2.75) is 52.2 Å². The highest BCUT2D eigenvalue weighted by atomic mass is 16.5. The highest BCUT2D eigenvalue weighted by Crippen LogP contribution is 2.40. The van der Waals surface area contributed by atoms with Gasteiger partial charge in [0.2, 0.25) is 5.76 Å². The summed E-state index contributed by atoms with van der Waals surface area (Å²) in [5, 5.41) is 0.506. The number of benzene rings is 2. The monoisotopic (exact) mass is 447 g/mol. The fourth-order valence-electron chi connectivity index (χ4n) is 4.81. The Morgan fingerprint density at radius 3 is 2.70 bits per heavy atom. The summed E-state index contributed by atoms with van der Waals surface area (Å²) >= 11 is 0. The lowest BCUT2D eigenvalue weighted by Crippen LogP contribution is -2.36. The normalized spacial score (nSPS) is 20.0. The van der Waals surface area contributed by atoms with E-state index in [0.29, 0.717) is 36.3 Å². The molecule has 0 bridgehead atoms. The lowest BCUT2D eigenvalue weighted by Gasteiger charge is -2.27. The van der Waals surface area contributed by atoms with Gasteiger partial charge in [0.25, 0.3) is 5.91 Å². The number of rotatable bonds is 6. The average Bonchev–Trinajstić information content (AvgIpc) is 3.42. The van der Waals surface area contributed by atoms with Gasteiger partial charge < -0.3 is 18.8 Å². The summed E-state index contributed by atoms with van der Waals surface area (Å²) in [6, 6.07) is 10.8. The van der Waals surface area contributed by atoms with Crippen LogP contribution in [0.25, 0.3) is 11.0 Å². The minimum Gasteiger partial charge on any atom is -0.494 e. The molecule has 2 atom stereocenters. The number of ether oxygens (including phenoxy) is 2. The molecule has 0 radical (unpaired) electrons. The van der Waals surface area contributed by atoms with Crippen molar-refractivity contribution in [1.82, 2.24) is 4.90 Å². The minimum absolute atomic E-state index is 0.0423. The molecule has 1 aromatic heterocycles. The van der Waals surface area contributed by atoms with Crippen LogP contribution < -0.4 is 10.2 Å². The first kappa shape index (κ1) is 21.7. The van der Waals surface area contributed by atoms with Gasteiger partial charge in [-0.1, -0.05) is 19.1 Å². The molecule has 3 heterocycles. The first-order chi connectivity index (χ1) is 16.0. The van der Waals surface area contributed by atoms with E-state index in [-0.39, 0.29) is 23.2 Å². The molecule has 0 aliphatic carbocycles. The van der Waals surface area contributed by atoms with Crippen molar-refractivity contribution < 1.29 is 18.7 Å². The van der Waals surface area contributed by atoms with Gasteiger partial charge in [-0.15, -0.1) is 0 Å². The summed E-state index contributed by atoms with van der Waals surface area (Å²) in [5.74, 6) is 0.602. The topological polar surface area (TPSA) is 69.0 Å². The summed E-state index contributed by atoms with van der Waals surface area (Å²) < 4.78 is 17.8. The molecular formula is C27H29NO5. The second-order valence-corrected chi connectivity index (χ2v) is 9.02. The maximum Gasteiger partial charge on any atom is 0.291 e. The third kappa shape index (κ3) is 3.82. The van der Waals surface area contributed by atoms with E-state index in [2.05, 4.69) is 6.92 Å². The van der Waals surface area contributed by atoms with E-state index in [4.69, 9.17) is 13.9 Å². The molecule has 2 aliphatic heterocycles. The van der Waals surface area contributed by atoms with Crippen LogP contribution in [0.15, 0.2) is 45.6 Å². The predicted molar refractivity (Wildman–Crippen MR) is 126 cm³/mol. The highest BCUT2D eigenvalue weighted by Gasteiger charge is 2.44. The maximum absolute atomic E-state index is 13.8. The predicted octanol–water partition coefficient (Wildman–Crippen LogP) is 4.92. The van der Waals surface area contributed by atoms with Gasteiger partial charge in [-0.2, -0.15) is 0 Å². The number of fused-ring (bicyclic) bond motifs is 2. The molecule has 3 aromatic rings. The lowest BCUT2D eigenvalue weighted by atomic mass is 9.97. The largest absolute Gasteiger partial charge is 0.494 e. The van der Waals surface area contributed by atoms with Crippen molar-refractivity contribution >= 4 is 16.9 Å². The van der Waals surface area contributed by atoms with E-state index in [9.17, 15) is 9.59 Å². The van der Waals surface area contributed by atoms with Crippen molar-refractivity contribution in [2.24, 2.45) is 0 Å². The average molecular weight is 448 g/mol. The van der Waals surface area contributed by atoms with Crippen LogP contribution in [0.5, 0.6) is 5.75 Å². The van der Waals surface area contributed by atoms with Gasteiger partial charge >= 0.3 is 0 Å². The number of carbonyl (C=O) groups is 1. The fourth-order valence-corrected chi connectivity index (χ4v) is 4.81. The van der Waals surface area contributed by atoms with E-state index < -0.39 is 6.04 Å². The number of hydrogen-bond donors (Lipinski definition) is 0. The Hall–Kier alpha value is -3.12. The van der Waals surface area contributed by atoms with Crippen molar-refractivity contribution in [2.75, 3.05) is 19.8 Å². The molecule has 0 saturated carbocycles. The third-order valence-electron chi connectivity index (χ3n) is 6.65. The Bertz CT molecular complexity index is 1270. The number of carbonyl (C=O) groups excluding carboxylic acids is 1. The van der Waals surface area contributed by atoms with Crippen LogP contribution >= 0.6 is 0 Å². The van der Waals surface area contributed by atoms with Gasteiger partial charge in [-0.05, 0) is 74.1 Å². The van der Waals surface area contributed by atoms with Crippen molar-refractivity contribution in [3.63, 3.8) is 0 Å². The van der Waals surface area contributed by atoms with Gasteiger partial charge in [0.1, 0.15) is 11.3 Å². The molecule has 33 heavy (non-hydrogen) atoms. The van der Waals surface area contributed by atoms with Crippen molar-refractivity contribution in [3.05, 3.63) is 74.6 Å². The van der Waals surface area contributed by atoms with Gasteiger partial charge in [0, 0.05) is 13.2 Å². The molecule has 172 valence electrons. The third-order valence-corrected chi connectivity index (χ3v) is 6.65. The molecule has 0 spiro atoms. The molecule has 2 aromatic carbocycles. The van der Waals surface area contributed by atoms with Crippen LogP contribution in [0.2, 0.25) is 0 Å². The molecule has 1 fully saturated rings. The molecule has 2 unspecified atom stereocenters. The van der Waals surface area contributed by atoms with E-state index in [1.165, 1.54) is 0 Å². The Balaban J connectivity index is 1.67. The Morgan fingerprint density at radius 2 is 1.94 bits per heavy atom. The van der Waals surface area contributed by atoms with Crippen LogP contribution in [0.3, 0.4) is 0 Å². The van der Waals surface area contributed by atoms with Crippen LogP contribution in [0, 0.1) is 13.8 Å². The molecule has 2 aliphatic rings. The first-order valence-corrected chi connectivity index (χ1v) is 11.7. The Kier molecular flexibility index (Phi) is 5.71. The quantitative estimate of drug-likeness (QED) is 0.536. The summed E-state index contributed by atoms with van der Waals surface area (Å²) in [5.41, 5.74) is 3.58. The van der Waals surface area contributed by atoms with E-state index in [1.54, 1.807) is 4.90 Å². The van der Waals surface area contributed by atoms with Gasteiger partial charge in [-0.25, -0.2) is 0 Å². The zero-order chi connectivity index (χ0) is 23.1. The van der Waals surface area contributed by atoms with Gasteiger partial charge in [-0.3, -0.25) is 9.59 Å². The molecular weight excluding hydrogens is 418 g/mol. The molecule has 6 heteroatoms. The van der Waals surface area contributed by atoms with Crippen LogP contribution in [-0.2, 0) is 4.74 Å². The number of hydrogen-bond acceptors (Lipinski definition) is 5. The second kappa shape index (κ2) is 8.67. The van der Waals surface area contributed by atoms with Gasteiger partial charge in [0.15, 0.2) is 5.43 Å². The molecule has 0 N–H and O–H groups in total. The zero-order valence-corrected chi connectivity index (χ0v) is 19.3. The van der Waals surface area contributed by atoms with E-state index >= 15 is 0 Å². The van der Waals surface area contributed by atoms with Crippen molar-refractivity contribution in [3.8, 4) is 5.75 Å². The number of aryl methyl sites for hydroxylation is 2. The second-order valence-electron chi connectivity index (χ2n) is 9.02. The fraction of sp³-hybridized carbons (Fsp3) is 0.407. The summed E-state index contributed by atoms with van der Waals surface area (Å²) in [7, 11) is 0. The minimum atomic E-state index is -0.538.